The lowest BCUT2D eigenvalue weighted by Crippen LogP contribution is -2.48. The summed E-state index contributed by atoms with van der Waals surface area (Å²) in [5.41, 5.74) is 2.58. The molecule has 1 fully saturated rings. The highest BCUT2D eigenvalue weighted by molar-refractivity contribution is 6.15. The lowest BCUT2D eigenvalue weighted by molar-refractivity contribution is 0.0932. The maximum atomic E-state index is 12.7. The molecule has 0 saturated carbocycles. The molecule has 0 radical (unpaired) electrons. The van der Waals surface area contributed by atoms with E-state index in [-0.39, 0.29) is 11.7 Å². The Kier molecular flexibility index (Phi) is 4.53. The van der Waals surface area contributed by atoms with Gasteiger partial charge in [0.2, 0.25) is 0 Å². The van der Waals surface area contributed by atoms with E-state index in [1.54, 1.807) is 36.4 Å². The standard InChI is InChI=1S/C19H20N2O2/c1-13-6-8-15(9-7-13)18(22)16-4-2-3-5-17(16)19(23)21-12-14-10-20-11-14/h2-9,14,20H,10-12H2,1H3,(H,21,23). The molecule has 1 aliphatic rings. The quantitative estimate of drug-likeness (QED) is 0.832. The Morgan fingerprint density at radius 3 is 2.30 bits per heavy atom. The molecule has 1 heterocycles. The molecule has 2 N–H and O–H groups in total. The van der Waals surface area contributed by atoms with Gasteiger partial charge in [-0.3, -0.25) is 9.59 Å². The van der Waals surface area contributed by atoms with Crippen LogP contribution < -0.4 is 10.6 Å². The summed E-state index contributed by atoms with van der Waals surface area (Å²) in [5, 5.41) is 6.10. The van der Waals surface area contributed by atoms with Crippen molar-refractivity contribution in [3.05, 3.63) is 70.8 Å². The lowest BCUT2D eigenvalue weighted by Gasteiger charge is -2.27. The Hall–Kier alpha value is -2.46. The molecule has 1 saturated heterocycles. The minimum atomic E-state index is -0.187. The van der Waals surface area contributed by atoms with E-state index in [0.717, 1.165) is 18.7 Å². The molecule has 0 spiro atoms. The highest BCUT2D eigenvalue weighted by Crippen LogP contribution is 2.16. The molecule has 1 amide bonds. The molecule has 23 heavy (non-hydrogen) atoms. The number of hydrogen-bond donors (Lipinski definition) is 2. The van der Waals surface area contributed by atoms with Crippen molar-refractivity contribution in [2.75, 3.05) is 19.6 Å². The Labute approximate surface area is 135 Å². The Bertz CT molecular complexity index is 718. The van der Waals surface area contributed by atoms with Crippen LogP contribution in [0.4, 0.5) is 0 Å². The maximum Gasteiger partial charge on any atom is 0.252 e. The summed E-state index contributed by atoms with van der Waals surface area (Å²) < 4.78 is 0. The number of benzene rings is 2. The molecule has 4 heteroatoms. The van der Waals surface area contributed by atoms with Crippen molar-refractivity contribution in [2.45, 2.75) is 6.92 Å². The zero-order valence-electron chi connectivity index (χ0n) is 13.1. The lowest BCUT2D eigenvalue weighted by atomic mass is 9.97. The third-order valence-corrected chi connectivity index (χ3v) is 4.15. The molecule has 0 unspecified atom stereocenters. The van der Waals surface area contributed by atoms with Gasteiger partial charge < -0.3 is 10.6 Å². The summed E-state index contributed by atoms with van der Waals surface area (Å²) in [4.78, 5) is 25.1. The number of hydrogen-bond acceptors (Lipinski definition) is 3. The molecular formula is C19H20N2O2. The molecule has 0 bridgehead atoms. The van der Waals surface area contributed by atoms with Gasteiger partial charge in [0.1, 0.15) is 0 Å². The normalized spacial score (nSPS) is 14.1. The van der Waals surface area contributed by atoms with Crippen LogP contribution in [0.25, 0.3) is 0 Å². The molecule has 2 aromatic carbocycles. The van der Waals surface area contributed by atoms with E-state index in [4.69, 9.17) is 0 Å². The van der Waals surface area contributed by atoms with E-state index in [1.807, 2.05) is 19.1 Å². The SMILES string of the molecule is Cc1ccc(C(=O)c2ccccc2C(=O)NCC2CNC2)cc1. The van der Waals surface area contributed by atoms with Crippen molar-refractivity contribution in [2.24, 2.45) is 5.92 Å². The molecule has 118 valence electrons. The first-order valence-corrected chi connectivity index (χ1v) is 7.84. The maximum absolute atomic E-state index is 12.7. The molecule has 0 aromatic heterocycles. The van der Waals surface area contributed by atoms with Gasteiger partial charge in [-0.25, -0.2) is 0 Å². The Morgan fingerprint density at radius 2 is 1.70 bits per heavy atom. The molecule has 2 aromatic rings. The summed E-state index contributed by atoms with van der Waals surface area (Å²) >= 11 is 0. The van der Waals surface area contributed by atoms with Crippen LogP contribution in [0.1, 0.15) is 31.8 Å². The summed E-state index contributed by atoms with van der Waals surface area (Å²) in [7, 11) is 0. The summed E-state index contributed by atoms with van der Waals surface area (Å²) in [6.45, 7) is 4.48. The fraction of sp³-hybridized carbons (Fsp3) is 0.263. The number of nitrogens with one attached hydrogen (secondary N) is 2. The van der Waals surface area contributed by atoms with Crippen LogP contribution in [0.2, 0.25) is 0 Å². The van der Waals surface area contributed by atoms with Crippen LogP contribution in [0.5, 0.6) is 0 Å². The van der Waals surface area contributed by atoms with Gasteiger partial charge in [-0.15, -0.1) is 0 Å². The Balaban J connectivity index is 1.80. The van der Waals surface area contributed by atoms with Crippen molar-refractivity contribution >= 4 is 11.7 Å². The summed E-state index contributed by atoms with van der Waals surface area (Å²) in [6.07, 6.45) is 0. The average molecular weight is 308 g/mol. The molecule has 0 atom stereocenters. The first-order chi connectivity index (χ1) is 11.1. The first-order valence-electron chi connectivity index (χ1n) is 7.84. The predicted molar refractivity (Wildman–Crippen MR) is 89.7 cm³/mol. The van der Waals surface area contributed by atoms with Crippen molar-refractivity contribution in [1.82, 2.24) is 10.6 Å². The zero-order valence-corrected chi connectivity index (χ0v) is 13.1. The number of carbonyl (C=O) groups is 2. The molecule has 1 aliphatic heterocycles. The van der Waals surface area contributed by atoms with E-state index >= 15 is 0 Å². The Morgan fingerprint density at radius 1 is 1.04 bits per heavy atom. The van der Waals surface area contributed by atoms with Gasteiger partial charge in [-0.2, -0.15) is 0 Å². The van der Waals surface area contributed by atoms with Crippen LogP contribution in [-0.2, 0) is 0 Å². The first kappa shape index (κ1) is 15.4. The fourth-order valence-corrected chi connectivity index (χ4v) is 2.56. The van der Waals surface area contributed by atoms with Crippen LogP contribution in [-0.4, -0.2) is 31.3 Å². The number of carbonyl (C=O) groups excluding carboxylic acids is 2. The van der Waals surface area contributed by atoms with Gasteiger partial charge in [-0.1, -0.05) is 48.0 Å². The fourth-order valence-electron chi connectivity index (χ4n) is 2.56. The smallest absolute Gasteiger partial charge is 0.252 e. The average Bonchev–Trinajstić information content (AvgIpc) is 2.53. The van der Waals surface area contributed by atoms with Crippen LogP contribution >= 0.6 is 0 Å². The van der Waals surface area contributed by atoms with Gasteiger partial charge in [0, 0.05) is 36.7 Å². The van der Waals surface area contributed by atoms with E-state index in [1.165, 1.54) is 0 Å². The van der Waals surface area contributed by atoms with E-state index in [0.29, 0.717) is 29.2 Å². The van der Waals surface area contributed by atoms with Gasteiger partial charge >= 0.3 is 0 Å². The van der Waals surface area contributed by atoms with Crippen molar-refractivity contribution in [3.63, 3.8) is 0 Å². The van der Waals surface area contributed by atoms with E-state index in [2.05, 4.69) is 10.6 Å². The number of amides is 1. The van der Waals surface area contributed by atoms with Gasteiger partial charge in [0.15, 0.2) is 5.78 Å². The minimum absolute atomic E-state index is 0.124. The van der Waals surface area contributed by atoms with Crippen LogP contribution in [0.3, 0.4) is 0 Å². The van der Waals surface area contributed by atoms with Gasteiger partial charge in [0.05, 0.1) is 5.56 Å². The summed E-state index contributed by atoms with van der Waals surface area (Å²) in [5.74, 6) is 0.174. The summed E-state index contributed by atoms with van der Waals surface area (Å²) in [6, 6.07) is 14.4. The number of rotatable bonds is 5. The predicted octanol–water partition coefficient (Wildman–Crippen LogP) is 2.18. The number of ketones is 1. The monoisotopic (exact) mass is 308 g/mol. The van der Waals surface area contributed by atoms with Crippen LogP contribution in [0.15, 0.2) is 48.5 Å². The highest BCUT2D eigenvalue weighted by atomic mass is 16.2. The highest BCUT2D eigenvalue weighted by Gasteiger charge is 2.21. The molecule has 0 aliphatic carbocycles. The van der Waals surface area contributed by atoms with E-state index in [9.17, 15) is 9.59 Å². The third-order valence-electron chi connectivity index (χ3n) is 4.15. The van der Waals surface area contributed by atoms with Crippen LogP contribution in [0, 0.1) is 12.8 Å². The molecular weight excluding hydrogens is 288 g/mol. The number of aryl methyl sites for hydroxylation is 1. The van der Waals surface area contributed by atoms with Gasteiger partial charge in [0.25, 0.3) is 5.91 Å². The third kappa shape index (κ3) is 3.48. The second kappa shape index (κ2) is 6.75. The van der Waals surface area contributed by atoms with Crippen molar-refractivity contribution in [1.29, 1.82) is 0 Å². The van der Waals surface area contributed by atoms with Crippen molar-refractivity contribution < 1.29 is 9.59 Å². The molecule has 4 nitrogen and oxygen atoms in total. The van der Waals surface area contributed by atoms with Gasteiger partial charge in [-0.05, 0) is 13.0 Å². The minimum Gasteiger partial charge on any atom is -0.352 e. The largest absolute Gasteiger partial charge is 0.352 e. The second-order valence-corrected chi connectivity index (χ2v) is 5.98. The zero-order chi connectivity index (χ0) is 16.2. The topological polar surface area (TPSA) is 58.2 Å². The second-order valence-electron chi connectivity index (χ2n) is 5.98. The molecule has 3 rings (SSSR count). The van der Waals surface area contributed by atoms with E-state index < -0.39 is 0 Å². The van der Waals surface area contributed by atoms with Crippen molar-refractivity contribution in [3.8, 4) is 0 Å².